The van der Waals surface area contributed by atoms with Gasteiger partial charge >= 0.3 is 0 Å². The first-order valence-corrected chi connectivity index (χ1v) is 6.78. The van der Waals surface area contributed by atoms with E-state index in [1.165, 1.54) is 5.57 Å². The number of nitrogens with zero attached hydrogens (tertiary/aromatic N) is 1. The minimum Gasteiger partial charge on any atom is -0.367 e. The average molecular weight is 260 g/mol. The van der Waals surface area contributed by atoms with E-state index < -0.39 is 0 Å². The first kappa shape index (κ1) is 12.4. The number of nitrogens with one attached hydrogen (secondary N) is 3. The maximum absolute atomic E-state index is 11.6. The summed E-state index contributed by atoms with van der Waals surface area (Å²) in [6, 6.07) is 0.528. The summed E-state index contributed by atoms with van der Waals surface area (Å²) >= 11 is 0. The molecule has 0 aromatic heterocycles. The van der Waals surface area contributed by atoms with E-state index in [9.17, 15) is 4.79 Å². The predicted octanol–water partition coefficient (Wildman–Crippen LogP) is 0.399. The van der Waals surface area contributed by atoms with Gasteiger partial charge in [-0.3, -0.25) is 15.1 Å². The van der Waals surface area contributed by atoms with E-state index in [0.717, 1.165) is 5.57 Å². The molecule has 5 nitrogen and oxygen atoms in total. The van der Waals surface area contributed by atoms with Crippen LogP contribution in [0.3, 0.4) is 0 Å². The maximum atomic E-state index is 11.6. The molecular formula is C14H20N4O. The molecule has 0 amide bonds. The third-order valence-corrected chi connectivity index (χ3v) is 3.55. The van der Waals surface area contributed by atoms with E-state index in [1.54, 1.807) is 0 Å². The van der Waals surface area contributed by atoms with Gasteiger partial charge in [0.2, 0.25) is 0 Å². The van der Waals surface area contributed by atoms with Crippen LogP contribution in [-0.4, -0.2) is 35.6 Å². The van der Waals surface area contributed by atoms with Crippen LogP contribution in [0.2, 0.25) is 0 Å². The Balaban J connectivity index is 1.94. The molecule has 0 aliphatic carbocycles. The van der Waals surface area contributed by atoms with Gasteiger partial charge in [0.1, 0.15) is 6.17 Å². The van der Waals surface area contributed by atoms with Crippen molar-refractivity contribution in [2.45, 2.75) is 38.5 Å². The van der Waals surface area contributed by atoms with Crippen molar-refractivity contribution in [2.75, 3.05) is 6.54 Å². The lowest BCUT2D eigenvalue weighted by atomic mass is 9.86. The zero-order chi connectivity index (χ0) is 13.4. The Bertz CT molecular complexity index is 478. The summed E-state index contributed by atoms with van der Waals surface area (Å²) in [5.74, 6) is 0.255. The van der Waals surface area contributed by atoms with Gasteiger partial charge in [-0.15, -0.1) is 0 Å². The Labute approximate surface area is 113 Å². The summed E-state index contributed by atoms with van der Waals surface area (Å²) in [7, 11) is 0. The van der Waals surface area contributed by atoms with Crippen LogP contribution in [0.4, 0.5) is 0 Å². The number of Topliss-reactive ketones (excluding diaryl/α,β-unsaturated/α-hetero) is 1. The number of hydrogen-bond acceptors (Lipinski definition) is 5. The summed E-state index contributed by atoms with van der Waals surface area (Å²) in [5, 5.41) is 8.77. The number of hydrazine groups is 1. The molecule has 2 atom stereocenters. The van der Waals surface area contributed by atoms with E-state index in [0.29, 0.717) is 19.0 Å². The molecule has 0 aromatic carbocycles. The number of carbonyl (C=O) groups is 1. The zero-order valence-electron chi connectivity index (χ0n) is 11.3. The summed E-state index contributed by atoms with van der Waals surface area (Å²) in [6.45, 7) is 4.68. The van der Waals surface area contributed by atoms with Crippen LogP contribution in [0.15, 0.2) is 35.7 Å². The van der Waals surface area contributed by atoms with Crippen LogP contribution in [0.1, 0.15) is 20.3 Å². The van der Waals surface area contributed by atoms with Gasteiger partial charge in [0, 0.05) is 18.7 Å². The van der Waals surface area contributed by atoms with Crippen molar-refractivity contribution < 1.29 is 4.79 Å². The highest BCUT2D eigenvalue weighted by atomic mass is 16.1. The first-order valence-electron chi connectivity index (χ1n) is 6.78. The lowest BCUT2D eigenvalue weighted by Gasteiger charge is -2.44. The Hall–Kier alpha value is -1.59. The molecule has 1 saturated heterocycles. The van der Waals surface area contributed by atoms with Gasteiger partial charge in [0.05, 0.1) is 12.6 Å². The van der Waals surface area contributed by atoms with Crippen molar-refractivity contribution >= 4 is 5.78 Å². The topological polar surface area (TPSA) is 56.4 Å². The summed E-state index contributed by atoms with van der Waals surface area (Å²) in [5.41, 5.74) is 5.82. The zero-order valence-corrected chi connectivity index (χ0v) is 11.3. The minimum atomic E-state index is 0.113. The van der Waals surface area contributed by atoms with Crippen molar-refractivity contribution in [1.29, 1.82) is 0 Å². The molecule has 5 heteroatoms. The summed E-state index contributed by atoms with van der Waals surface area (Å²) < 4.78 is 0. The molecular weight excluding hydrogens is 240 g/mol. The molecule has 3 heterocycles. The highest BCUT2D eigenvalue weighted by Crippen LogP contribution is 2.29. The van der Waals surface area contributed by atoms with Gasteiger partial charge in [-0.05, 0) is 37.3 Å². The molecule has 2 unspecified atom stereocenters. The monoisotopic (exact) mass is 260 g/mol. The number of carbonyl (C=O) groups excluding carboxylic acids is 1. The number of hydrogen-bond donors (Lipinski definition) is 3. The Morgan fingerprint density at radius 2 is 2.32 bits per heavy atom. The fourth-order valence-corrected chi connectivity index (χ4v) is 2.84. The molecule has 3 aliphatic rings. The molecule has 0 spiro atoms. The van der Waals surface area contributed by atoms with Crippen LogP contribution < -0.4 is 16.1 Å². The highest BCUT2D eigenvalue weighted by Gasteiger charge is 2.37. The molecule has 0 radical (unpaired) electrons. The van der Waals surface area contributed by atoms with E-state index in [4.69, 9.17) is 0 Å². The number of dihydropyridines is 1. The smallest absolute Gasteiger partial charge is 0.150 e. The Morgan fingerprint density at radius 1 is 1.47 bits per heavy atom. The first-order chi connectivity index (χ1) is 9.15. The third-order valence-electron chi connectivity index (χ3n) is 3.55. The van der Waals surface area contributed by atoms with Crippen LogP contribution in [0.5, 0.6) is 0 Å². The van der Waals surface area contributed by atoms with Gasteiger partial charge < -0.3 is 5.32 Å². The molecule has 1 fully saturated rings. The lowest BCUT2D eigenvalue weighted by Crippen LogP contribution is -2.59. The fraction of sp³-hybridized carbons (Fsp3) is 0.500. The standard InChI is InChI=1S/C14H20N4O/c1-9(2)17-18-8-10-6-11(19)7-16-13(10)12-4-3-5-15-14(12)18/h3-5,8-9,13-17H,6-7H2,1-2H3. The SMILES string of the molecule is CC(C)NN1C=C2CC(=O)CNC2C2=CC=CNC21. The van der Waals surface area contributed by atoms with Gasteiger partial charge in [-0.1, -0.05) is 6.08 Å². The number of allylic oxidation sites excluding steroid dienone is 2. The van der Waals surface area contributed by atoms with E-state index in [1.807, 2.05) is 12.3 Å². The second-order valence-electron chi connectivity index (χ2n) is 5.52. The van der Waals surface area contributed by atoms with Gasteiger partial charge in [0.25, 0.3) is 0 Å². The molecule has 3 rings (SSSR count). The Kier molecular flexibility index (Phi) is 3.16. The van der Waals surface area contributed by atoms with Crippen LogP contribution >= 0.6 is 0 Å². The van der Waals surface area contributed by atoms with E-state index >= 15 is 0 Å². The number of ketones is 1. The van der Waals surface area contributed by atoms with Crippen molar-refractivity contribution in [1.82, 2.24) is 21.1 Å². The predicted molar refractivity (Wildman–Crippen MR) is 73.8 cm³/mol. The lowest BCUT2D eigenvalue weighted by molar-refractivity contribution is -0.118. The normalized spacial score (nSPS) is 29.4. The fourth-order valence-electron chi connectivity index (χ4n) is 2.84. The summed E-state index contributed by atoms with van der Waals surface area (Å²) in [4.78, 5) is 11.6. The van der Waals surface area contributed by atoms with E-state index in [2.05, 4.69) is 47.2 Å². The number of rotatable bonds is 2. The number of fused-ring (bicyclic) bond motifs is 3. The number of piperidine rings is 1. The van der Waals surface area contributed by atoms with E-state index in [-0.39, 0.29) is 18.0 Å². The van der Waals surface area contributed by atoms with Crippen molar-refractivity contribution in [3.63, 3.8) is 0 Å². The molecule has 0 bridgehead atoms. The van der Waals surface area contributed by atoms with Gasteiger partial charge in [-0.25, -0.2) is 5.43 Å². The third kappa shape index (κ3) is 2.31. The van der Waals surface area contributed by atoms with Crippen molar-refractivity contribution in [2.24, 2.45) is 0 Å². The van der Waals surface area contributed by atoms with Crippen molar-refractivity contribution in [3.8, 4) is 0 Å². The molecule has 0 saturated carbocycles. The molecule has 3 aliphatic heterocycles. The second-order valence-corrected chi connectivity index (χ2v) is 5.52. The molecule has 0 aromatic rings. The maximum Gasteiger partial charge on any atom is 0.150 e. The highest BCUT2D eigenvalue weighted by molar-refractivity contribution is 5.85. The van der Waals surface area contributed by atoms with Gasteiger partial charge in [-0.2, -0.15) is 0 Å². The van der Waals surface area contributed by atoms with Gasteiger partial charge in [0.15, 0.2) is 5.78 Å². The second kappa shape index (κ2) is 4.83. The van der Waals surface area contributed by atoms with Crippen molar-refractivity contribution in [3.05, 3.63) is 35.7 Å². The molecule has 19 heavy (non-hydrogen) atoms. The quantitative estimate of drug-likeness (QED) is 0.671. The summed E-state index contributed by atoms with van der Waals surface area (Å²) in [6.07, 6.45) is 8.83. The largest absolute Gasteiger partial charge is 0.367 e. The Morgan fingerprint density at radius 3 is 3.11 bits per heavy atom. The average Bonchev–Trinajstić information content (AvgIpc) is 2.38. The van der Waals surface area contributed by atoms with Crippen LogP contribution in [0, 0.1) is 0 Å². The van der Waals surface area contributed by atoms with Crippen LogP contribution in [-0.2, 0) is 4.79 Å². The molecule has 3 N–H and O–H groups in total. The molecule has 102 valence electrons. The van der Waals surface area contributed by atoms with Crippen LogP contribution in [0.25, 0.3) is 0 Å². The minimum absolute atomic E-state index is 0.113.